The van der Waals surface area contributed by atoms with Crippen molar-refractivity contribution in [1.82, 2.24) is 10.0 Å². The van der Waals surface area contributed by atoms with E-state index in [2.05, 4.69) is 10.0 Å². The molecule has 0 spiro atoms. The fraction of sp³-hybridized carbons (Fsp3) is 0.462. The molecular weight excluding hydrogens is 280 g/mol. The van der Waals surface area contributed by atoms with Crippen molar-refractivity contribution < 1.29 is 17.9 Å². The second-order valence-electron chi connectivity index (χ2n) is 4.37. The second-order valence-corrected chi connectivity index (χ2v) is 6.09. The summed E-state index contributed by atoms with van der Waals surface area (Å²) in [6.07, 6.45) is 0.678. The van der Waals surface area contributed by atoms with E-state index in [1.165, 1.54) is 32.4 Å². The summed E-state index contributed by atoms with van der Waals surface area (Å²) in [7, 11) is -0.750. The minimum Gasteiger partial charge on any atom is -0.496 e. The molecule has 0 saturated heterocycles. The van der Waals surface area contributed by atoms with Crippen LogP contribution in [-0.2, 0) is 10.0 Å². The lowest BCUT2D eigenvalue weighted by Gasteiger charge is -2.14. The molecule has 7 heteroatoms. The standard InChI is InChI=1S/C13H20N2O4S/c1-5-9(2)15-20(17,18)10-6-7-12(19-4)11(8-10)13(16)14-3/h6-9,15H,5H2,1-4H3,(H,14,16). The summed E-state index contributed by atoms with van der Waals surface area (Å²) in [6, 6.07) is 4.01. The van der Waals surface area contributed by atoms with E-state index >= 15 is 0 Å². The quantitative estimate of drug-likeness (QED) is 0.825. The SMILES string of the molecule is CCC(C)NS(=O)(=O)c1ccc(OC)c(C(=O)NC)c1. The van der Waals surface area contributed by atoms with E-state index in [9.17, 15) is 13.2 Å². The van der Waals surface area contributed by atoms with Gasteiger partial charge in [0.25, 0.3) is 5.91 Å². The number of carbonyl (C=O) groups excluding carboxylic acids is 1. The van der Waals surface area contributed by atoms with E-state index in [-0.39, 0.29) is 16.5 Å². The monoisotopic (exact) mass is 300 g/mol. The van der Waals surface area contributed by atoms with Crippen LogP contribution in [0.2, 0.25) is 0 Å². The van der Waals surface area contributed by atoms with Crippen LogP contribution in [0.15, 0.2) is 23.1 Å². The predicted molar refractivity (Wildman–Crippen MR) is 76.5 cm³/mol. The van der Waals surface area contributed by atoms with Gasteiger partial charge < -0.3 is 10.1 Å². The first-order chi connectivity index (χ1) is 9.35. The molecule has 112 valence electrons. The lowest BCUT2D eigenvalue weighted by Crippen LogP contribution is -2.32. The molecule has 0 heterocycles. The Morgan fingerprint density at radius 1 is 1.40 bits per heavy atom. The smallest absolute Gasteiger partial charge is 0.254 e. The summed E-state index contributed by atoms with van der Waals surface area (Å²) in [5.41, 5.74) is 0.182. The molecule has 0 aliphatic carbocycles. The van der Waals surface area contributed by atoms with E-state index in [0.29, 0.717) is 12.2 Å². The van der Waals surface area contributed by atoms with Gasteiger partial charge in [0, 0.05) is 13.1 Å². The van der Waals surface area contributed by atoms with Gasteiger partial charge in [0.15, 0.2) is 0 Å². The molecule has 0 saturated carbocycles. The third-order valence-corrected chi connectivity index (χ3v) is 4.51. The average Bonchev–Trinajstić information content (AvgIpc) is 2.44. The number of hydrogen-bond donors (Lipinski definition) is 2. The molecule has 6 nitrogen and oxygen atoms in total. The summed E-state index contributed by atoms with van der Waals surface area (Å²) in [6.45, 7) is 3.66. The maximum atomic E-state index is 12.2. The zero-order chi connectivity index (χ0) is 15.3. The van der Waals surface area contributed by atoms with Gasteiger partial charge in [-0.1, -0.05) is 6.92 Å². The van der Waals surface area contributed by atoms with Gasteiger partial charge in [-0.15, -0.1) is 0 Å². The Morgan fingerprint density at radius 2 is 2.05 bits per heavy atom. The van der Waals surface area contributed by atoms with Gasteiger partial charge in [0.05, 0.1) is 17.6 Å². The summed E-state index contributed by atoms with van der Waals surface area (Å²) in [4.78, 5) is 11.8. The zero-order valence-electron chi connectivity index (χ0n) is 12.1. The molecule has 2 N–H and O–H groups in total. The number of methoxy groups -OCH3 is 1. The molecule has 20 heavy (non-hydrogen) atoms. The number of benzene rings is 1. The molecule has 1 unspecified atom stereocenters. The maximum Gasteiger partial charge on any atom is 0.254 e. The van der Waals surface area contributed by atoms with Crippen LogP contribution in [0.3, 0.4) is 0 Å². The van der Waals surface area contributed by atoms with Crippen molar-refractivity contribution in [2.75, 3.05) is 14.2 Å². The number of nitrogens with one attached hydrogen (secondary N) is 2. The van der Waals surface area contributed by atoms with Crippen molar-refractivity contribution in [3.63, 3.8) is 0 Å². The Kier molecular flexibility index (Phi) is 5.52. The van der Waals surface area contributed by atoms with Crippen molar-refractivity contribution in [2.45, 2.75) is 31.2 Å². The minimum absolute atomic E-state index is 0.0391. The van der Waals surface area contributed by atoms with Gasteiger partial charge in [-0.3, -0.25) is 4.79 Å². The van der Waals surface area contributed by atoms with Crippen LogP contribution >= 0.6 is 0 Å². The molecule has 0 radical (unpaired) electrons. The molecule has 1 aromatic carbocycles. The molecule has 1 aromatic rings. The summed E-state index contributed by atoms with van der Waals surface area (Å²) >= 11 is 0. The Morgan fingerprint density at radius 3 is 2.55 bits per heavy atom. The fourth-order valence-electron chi connectivity index (χ4n) is 1.58. The lowest BCUT2D eigenvalue weighted by atomic mass is 10.2. The van der Waals surface area contributed by atoms with Gasteiger partial charge in [-0.05, 0) is 31.5 Å². The fourth-order valence-corrected chi connectivity index (χ4v) is 2.94. The summed E-state index contributed by atoms with van der Waals surface area (Å²) < 4.78 is 32.0. The van der Waals surface area contributed by atoms with Crippen molar-refractivity contribution in [1.29, 1.82) is 0 Å². The van der Waals surface area contributed by atoms with Crippen LogP contribution in [-0.4, -0.2) is 34.5 Å². The van der Waals surface area contributed by atoms with E-state index in [1.54, 1.807) is 6.92 Å². The van der Waals surface area contributed by atoms with Crippen LogP contribution in [0.25, 0.3) is 0 Å². The average molecular weight is 300 g/mol. The van der Waals surface area contributed by atoms with Gasteiger partial charge in [-0.25, -0.2) is 13.1 Å². The van der Waals surface area contributed by atoms with Crippen molar-refractivity contribution >= 4 is 15.9 Å². The largest absolute Gasteiger partial charge is 0.496 e. The number of ether oxygens (including phenoxy) is 1. The molecule has 0 fully saturated rings. The van der Waals surface area contributed by atoms with E-state index in [4.69, 9.17) is 4.74 Å². The van der Waals surface area contributed by atoms with Gasteiger partial charge in [0.2, 0.25) is 10.0 Å². The molecule has 0 aromatic heterocycles. The molecule has 0 aliphatic rings. The number of sulfonamides is 1. The van der Waals surface area contributed by atoms with Crippen molar-refractivity contribution in [3.05, 3.63) is 23.8 Å². The third kappa shape index (κ3) is 3.71. The number of hydrogen-bond acceptors (Lipinski definition) is 4. The molecule has 1 atom stereocenters. The number of carbonyl (C=O) groups is 1. The number of amides is 1. The van der Waals surface area contributed by atoms with Gasteiger partial charge in [-0.2, -0.15) is 0 Å². The molecule has 0 aliphatic heterocycles. The third-order valence-electron chi connectivity index (χ3n) is 2.92. The van der Waals surface area contributed by atoms with Crippen LogP contribution in [0.4, 0.5) is 0 Å². The van der Waals surface area contributed by atoms with E-state index in [0.717, 1.165) is 0 Å². The molecule has 1 rings (SSSR count). The Balaban J connectivity index is 3.24. The number of rotatable bonds is 6. The molecule has 0 bridgehead atoms. The Labute approximate surface area is 119 Å². The van der Waals surface area contributed by atoms with Crippen molar-refractivity contribution in [2.24, 2.45) is 0 Å². The first-order valence-electron chi connectivity index (χ1n) is 6.28. The molecule has 1 amide bonds. The van der Waals surface area contributed by atoms with Gasteiger partial charge in [0.1, 0.15) is 5.75 Å². The predicted octanol–water partition coefficient (Wildman–Crippen LogP) is 1.13. The Bertz CT molecular complexity index is 584. The van der Waals surface area contributed by atoms with E-state index < -0.39 is 15.9 Å². The van der Waals surface area contributed by atoms with Crippen LogP contribution in [0.1, 0.15) is 30.6 Å². The first-order valence-corrected chi connectivity index (χ1v) is 7.76. The second kappa shape index (κ2) is 6.71. The van der Waals surface area contributed by atoms with Crippen molar-refractivity contribution in [3.8, 4) is 5.75 Å². The highest BCUT2D eigenvalue weighted by atomic mass is 32.2. The topological polar surface area (TPSA) is 84.5 Å². The normalized spacial score (nSPS) is 12.8. The molecular formula is C13H20N2O4S. The highest BCUT2D eigenvalue weighted by Gasteiger charge is 2.20. The van der Waals surface area contributed by atoms with Crippen LogP contribution < -0.4 is 14.8 Å². The highest BCUT2D eigenvalue weighted by molar-refractivity contribution is 7.89. The maximum absolute atomic E-state index is 12.2. The van der Waals surface area contributed by atoms with Crippen LogP contribution in [0.5, 0.6) is 5.75 Å². The van der Waals surface area contributed by atoms with Crippen LogP contribution in [0, 0.1) is 0 Å². The first kappa shape index (κ1) is 16.5. The summed E-state index contributed by atoms with van der Waals surface area (Å²) in [5, 5.41) is 2.45. The lowest BCUT2D eigenvalue weighted by molar-refractivity contribution is 0.0960. The van der Waals surface area contributed by atoms with E-state index in [1.807, 2.05) is 6.92 Å². The highest BCUT2D eigenvalue weighted by Crippen LogP contribution is 2.22. The zero-order valence-corrected chi connectivity index (χ0v) is 12.9. The summed E-state index contributed by atoms with van der Waals surface area (Å²) in [5.74, 6) is -0.0747. The van der Waals surface area contributed by atoms with Gasteiger partial charge >= 0.3 is 0 Å². The Hall–Kier alpha value is -1.60. The minimum atomic E-state index is -3.65.